The van der Waals surface area contributed by atoms with E-state index in [9.17, 15) is 14.3 Å². The van der Waals surface area contributed by atoms with E-state index < -0.39 is 0 Å². The fraction of sp³-hybridized carbons (Fsp3) is 0.111. The van der Waals surface area contributed by atoms with Gasteiger partial charge in [0.15, 0.2) is 0 Å². The fourth-order valence-electron chi connectivity index (χ4n) is 3.55. The van der Waals surface area contributed by atoms with E-state index in [1.54, 1.807) is 24.5 Å². The number of carbonyl (C=O) groups is 1. The number of anilines is 1. The topological polar surface area (TPSA) is 62.2 Å². The number of hydrogen-bond acceptors (Lipinski definition) is 4. The van der Waals surface area contributed by atoms with Crippen molar-refractivity contribution >= 4 is 22.9 Å². The molecule has 0 saturated heterocycles. The van der Waals surface area contributed by atoms with Crippen LogP contribution in [0.15, 0.2) is 73.1 Å². The van der Waals surface area contributed by atoms with Crippen LogP contribution in [0.5, 0.6) is 0 Å². The van der Waals surface area contributed by atoms with Gasteiger partial charge in [0.2, 0.25) is 5.91 Å². The fourth-order valence-corrected chi connectivity index (χ4v) is 4.77. The van der Waals surface area contributed by atoms with Crippen LogP contribution < -0.4 is 5.32 Å². The molecular formula is C27H21FN2O2S. The zero-order chi connectivity index (χ0) is 23.2. The van der Waals surface area contributed by atoms with Gasteiger partial charge in [-0.25, -0.2) is 4.39 Å². The molecule has 0 radical (unpaired) electrons. The van der Waals surface area contributed by atoms with Crippen LogP contribution in [0.3, 0.4) is 0 Å². The van der Waals surface area contributed by atoms with Gasteiger partial charge < -0.3 is 10.4 Å². The molecule has 6 heteroatoms. The molecular weight excluding hydrogens is 435 g/mol. The van der Waals surface area contributed by atoms with E-state index in [1.165, 1.54) is 30.4 Å². The first-order valence-corrected chi connectivity index (χ1v) is 11.2. The van der Waals surface area contributed by atoms with Crippen LogP contribution in [0.25, 0.3) is 32.7 Å². The van der Waals surface area contributed by atoms with Crippen molar-refractivity contribution in [2.75, 3.05) is 11.9 Å². The predicted molar refractivity (Wildman–Crippen MR) is 131 cm³/mol. The van der Waals surface area contributed by atoms with Gasteiger partial charge in [-0.15, -0.1) is 11.3 Å². The predicted octanol–water partition coefficient (Wildman–Crippen LogP) is 5.98. The summed E-state index contributed by atoms with van der Waals surface area (Å²) in [5.74, 6) is 5.80. The third-order valence-corrected chi connectivity index (χ3v) is 6.05. The molecule has 0 aliphatic carbocycles. The average Bonchev–Trinajstić information content (AvgIpc) is 3.19. The molecule has 0 aliphatic heterocycles. The minimum Gasteiger partial charge on any atom is -0.395 e. The highest BCUT2D eigenvalue weighted by molar-refractivity contribution is 7.17. The molecule has 33 heavy (non-hydrogen) atoms. The highest BCUT2D eigenvalue weighted by Gasteiger charge is 2.22. The Labute approximate surface area is 195 Å². The maximum Gasteiger partial charge on any atom is 0.221 e. The molecule has 164 valence electrons. The van der Waals surface area contributed by atoms with Crippen LogP contribution in [-0.4, -0.2) is 22.6 Å². The maximum atomic E-state index is 13.6. The van der Waals surface area contributed by atoms with Crippen molar-refractivity contribution in [3.05, 3.63) is 83.8 Å². The van der Waals surface area contributed by atoms with E-state index in [1.807, 2.05) is 36.4 Å². The summed E-state index contributed by atoms with van der Waals surface area (Å²) >= 11 is 1.52. The molecule has 2 aromatic heterocycles. The van der Waals surface area contributed by atoms with Crippen molar-refractivity contribution in [2.45, 2.75) is 13.3 Å². The lowest BCUT2D eigenvalue weighted by Gasteiger charge is -2.11. The normalized spacial score (nSPS) is 10.4. The van der Waals surface area contributed by atoms with Crippen LogP contribution in [0, 0.1) is 17.7 Å². The second-order valence-electron chi connectivity index (χ2n) is 7.29. The molecule has 2 aromatic carbocycles. The standard InChI is InChI=1S/C27H21FN2O2S/c1-18(32)30-23-6-4-5-21(17-23)25-24(7-2-3-16-31)33-27(20-8-10-22(28)11-9-20)26(25)19-12-14-29-15-13-19/h4-6,8-15,17,31H,3,16H2,1H3,(H,30,32). The molecule has 4 aromatic rings. The summed E-state index contributed by atoms with van der Waals surface area (Å²) in [7, 11) is 0. The Morgan fingerprint density at radius 2 is 1.79 bits per heavy atom. The number of benzene rings is 2. The van der Waals surface area contributed by atoms with Gasteiger partial charge in [0.25, 0.3) is 0 Å². The molecule has 4 rings (SSSR count). The summed E-state index contributed by atoms with van der Waals surface area (Å²) < 4.78 is 13.6. The Bertz CT molecular complexity index is 1340. The first kappa shape index (κ1) is 22.4. The van der Waals surface area contributed by atoms with Crippen molar-refractivity contribution in [1.29, 1.82) is 0 Å². The van der Waals surface area contributed by atoms with Gasteiger partial charge in [0.05, 0.1) is 11.5 Å². The summed E-state index contributed by atoms with van der Waals surface area (Å²) in [5, 5.41) is 12.0. The van der Waals surface area contributed by atoms with Gasteiger partial charge in [0.1, 0.15) is 5.82 Å². The number of aliphatic hydroxyl groups is 1. The number of thiophene rings is 1. The van der Waals surface area contributed by atoms with Crippen molar-refractivity contribution in [3.8, 4) is 44.5 Å². The number of carbonyl (C=O) groups excluding carboxylic acids is 1. The molecule has 2 N–H and O–H groups in total. The Morgan fingerprint density at radius 1 is 1.03 bits per heavy atom. The number of nitrogens with one attached hydrogen (secondary N) is 1. The summed E-state index contributed by atoms with van der Waals surface area (Å²) in [6.45, 7) is 1.45. The summed E-state index contributed by atoms with van der Waals surface area (Å²) in [5.41, 5.74) is 5.29. The quantitative estimate of drug-likeness (QED) is 0.364. The molecule has 0 atom stereocenters. The minimum atomic E-state index is -0.299. The van der Waals surface area contributed by atoms with Crippen LogP contribution in [0.1, 0.15) is 18.2 Å². The highest BCUT2D eigenvalue weighted by atomic mass is 32.1. The molecule has 2 heterocycles. The Kier molecular flexibility index (Phi) is 6.94. The SMILES string of the molecule is CC(=O)Nc1cccc(-c2c(C#CCCO)sc(-c3ccc(F)cc3)c2-c2ccncc2)c1. The number of aromatic nitrogens is 1. The third-order valence-electron chi connectivity index (χ3n) is 4.89. The average molecular weight is 457 g/mol. The third kappa shape index (κ3) is 5.17. The molecule has 1 amide bonds. The summed E-state index contributed by atoms with van der Waals surface area (Å²) in [6.07, 6.45) is 3.83. The van der Waals surface area contributed by atoms with Crippen molar-refractivity contribution in [3.63, 3.8) is 0 Å². The number of hydrogen-bond donors (Lipinski definition) is 2. The van der Waals surface area contributed by atoms with Gasteiger partial charge in [-0.05, 0) is 53.1 Å². The second kappa shape index (κ2) is 10.2. The first-order chi connectivity index (χ1) is 16.1. The number of aliphatic hydroxyl groups excluding tert-OH is 1. The summed E-state index contributed by atoms with van der Waals surface area (Å²) in [4.78, 5) is 17.5. The zero-order valence-electron chi connectivity index (χ0n) is 17.9. The highest BCUT2D eigenvalue weighted by Crippen LogP contribution is 2.48. The Morgan fingerprint density at radius 3 is 2.48 bits per heavy atom. The van der Waals surface area contributed by atoms with E-state index in [4.69, 9.17) is 0 Å². The monoisotopic (exact) mass is 456 g/mol. The second-order valence-corrected chi connectivity index (χ2v) is 8.31. The van der Waals surface area contributed by atoms with Crippen LogP contribution in [0.4, 0.5) is 10.1 Å². The van der Waals surface area contributed by atoms with Crippen molar-refractivity contribution < 1.29 is 14.3 Å². The number of rotatable bonds is 5. The molecule has 4 nitrogen and oxygen atoms in total. The minimum absolute atomic E-state index is 0.0201. The van der Waals surface area contributed by atoms with Crippen LogP contribution in [0.2, 0.25) is 0 Å². The number of pyridine rings is 1. The van der Waals surface area contributed by atoms with Crippen molar-refractivity contribution in [1.82, 2.24) is 4.98 Å². The maximum absolute atomic E-state index is 13.6. The smallest absolute Gasteiger partial charge is 0.221 e. The lowest BCUT2D eigenvalue weighted by atomic mass is 9.93. The van der Waals surface area contributed by atoms with E-state index in [-0.39, 0.29) is 18.3 Å². The van der Waals surface area contributed by atoms with E-state index >= 15 is 0 Å². The largest absolute Gasteiger partial charge is 0.395 e. The number of amides is 1. The Hall–Kier alpha value is -3.79. The summed E-state index contributed by atoms with van der Waals surface area (Å²) in [6, 6.07) is 17.9. The van der Waals surface area contributed by atoms with Gasteiger partial charge >= 0.3 is 0 Å². The van der Waals surface area contributed by atoms with Gasteiger partial charge in [-0.1, -0.05) is 36.1 Å². The lowest BCUT2D eigenvalue weighted by Crippen LogP contribution is -2.05. The number of halogens is 1. The van der Waals surface area contributed by atoms with Gasteiger partial charge in [-0.3, -0.25) is 9.78 Å². The molecule has 0 fully saturated rings. The van der Waals surface area contributed by atoms with Crippen LogP contribution in [-0.2, 0) is 4.79 Å². The van der Waals surface area contributed by atoms with E-state index in [0.717, 1.165) is 37.6 Å². The van der Waals surface area contributed by atoms with Crippen LogP contribution >= 0.6 is 11.3 Å². The lowest BCUT2D eigenvalue weighted by molar-refractivity contribution is -0.114. The molecule has 0 spiro atoms. The molecule has 0 unspecified atom stereocenters. The zero-order valence-corrected chi connectivity index (χ0v) is 18.7. The van der Waals surface area contributed by atoms with Crippen molar-refractivity contribution in [2.24, 2.45) is 0 Å². The number of nitrogens with zero attached hydrogens (tertiary/aromatic N) is 1. The molecule has 0 bridgehead atoms. The molecule has 0 aliphatic rings. The van der Waals surface area contributed by atoms with Gasteiger partial charge in [0, 0.05) is 47.4 Å². The van der Waals surface area contributed by atoms with E-state index in [0.29, 0.717) is 12.1 Å². The van der Waals surface area contributed by atoms with E-state index in [2.05, 4.69) is 22.1 Å². The first-order valence-electron chi connectivity index (χ1n) is 10.4. The van der Waals surface area contributed by atoms with Gasteiger partial charge in [-0.2, -0.15) is 0 Å². The Balaban J connectivity index is 2.01. The molecule has 0 saturated carbocycles.